The predicted octanol–water partition coefficient (Wildman–Crippen LogP) is 14.2. The zero-order valence-corrected chi connectivity index (χ0v) is 60.7. The first-order valence-corrected chi connectivity index (χ1v) is 34.8. The summed E-state index contributed by atoms with van der Waals surface area (Å²) in [4.78, 5) is 80.5. The van der Waals surface area contributed by atoms with Crippen molar-refractivity contribution >= 4 is 72.6 Å². The van der Waals surface area contributed by atoms with Crippen molar-refractivity contribution in [1.29, 1.82) is 0 Å². The van der Waals surface area contributed by atoms with Crippen molar-refractivity contribution in [3.8, 4) is 11.1 Å². The molecule has 3 fully saturated rings. The van der Waals surface area contributed by atoms with Gasteiger partial charge in [-0.2, -0.15) is 26.3 Å². The number of halogens is 10. The minimum Gasteiger partial charge on any atom is -0.446 e. The van der Waals surface area contributed by atoms with E-state index in [0.717, 1.165) is 99.4 Å². The largest absolute Gasteiger partial charge is 0.446 e. The van der Waals surface area contributed by atoms with Crippen LogP contribution in [0, 0.1) is 5.82 Å². The van der Waals surface area contributed by atoms with E-state index in [-0.39, 0.29) is 92.8 Å². The van der Waals surface area contributed by atoms with Crippen LogP contribution in [0.5, 0.6) is 0 Å². The van der Waals surface area contributed by atoms with Crippen molar-refractivity contribution < 1.29 is 68.9 Å². The summed E-state index contributed by atoms with van der Waals surface area (Å²) in [5.41, 5.74) is 2.82. The zero-order valence-electron chi connectivity index (χ0n) is 58.3. The molecular formula is C77H92Cl3F7N8O8. The number of ether oxygens (including phenoxy) is 3. The van der Waals surface area contributed by atoms with Crippen LogP contribution in [-0.4, -0.2) is 189 Å². The van der Waals surface area contributed by atoms with Crippen molar-refractivity contribution in [2.45, 2.75) is 119 Å². The van der Waals surface area contributed by atoms with E-state index in [2.05, 4.69) is 38.2 Å². The number of alkyl halides is 6. The topological polar surface area (TPSA) is 148 Å². The number of amides is 5. The molecule has 26 heteroatoms. The second-order valence-corrected chi connectivity index (χ2v) is 27.5. The molecule has 0 unspecified atom stereocenters. The molecule has 1 aliphatic carbocycles. The van der Waals surface area contributed by atoms with Gasteiger partial charge >= 0.3 is 18.4 Å². The summed E-state index contributed by atoms with van der Waals surface area (Å²) in [5.74, 6) is -1.72. The highest BCUT2D eigenvalue weighted by atomic mass is 35.5. The van der Waals surface area contributed by atoms with Gasteiger partial charge in [0.05, 0.1) is 29.5 Å². The molecule has 4 aliphatic heterocycles. The van der Waals surface area contributed by atoms with E-state index < -0.39 is 64.6 Å². The molecule has 103 heavy (non-hydrogen) atoms. The number of nitrogens with zero attached hydrogens (tertiary/aromatic N) is 7. The maximum absolute atomic E-state index is 14.3. The molecule has 5 amide bonds. The maximum atomic E-state index is 14.3. The Morgan fingerprint density at radius 3 is 1.97 bits per heavy atom. The number of piperidine rings is 2. The maximum Gasteiger partial charge on any atom is 0.416 e. The number of para-hydroxylation sites is 1. The van der Waals surface area contributed by atoms with Crippen LogP contribution in [0.3, 0.4) is 0 Å². The van der Waals surface area contributed by atoms with Gasteiger partial charge in [0.1, 0.15) is 30.9 Å². The first-order chi connectivity index (χ1) is 47.9. The fraction of sp³-hybridized carbons (Fsp3) is 0.468. The van der Waals surface area contributed by atoms with Crippen LogP contribution in [0.2, 0.25) is 0 Å². The van der Waals surface area contributed by atoms with E-state index in [0.29, 0.717) is 100 Å². The predicted molar refractivity (Wildman–Crippen MR) is 387 cm³/mol. The number of benzene rings is 6. The number of likely N-dealkylation sites (tertiary alicyclic amines) is 2. The molecule has 558 valence electrons. The summed E-state index contributed by atoms with van der Waals surface area (Å²) in [6.07, 6.45) is -2.83. The first-order valence-electron chi connectivity index (χ1n) is 34.8. The van der Waals surface area contributed by atoms with Crippen LogP contribution in [0.25, 0.3) is 11.1 Å². The van der Waals surface area contributed by atoms with E-state index in [9.17, 15) is 54.7 Å². The molecular weight excluding hydrogens is 1400 g/mol. The summed E-state index contributed by atoms with van der Waals surface area (Å²) in [6, 6.07) is 38.0. The Balaban J connectivity index is 0.00000448. The highest BCUT2D eigenvalue weighted by Gasteiger charge is 2.50. The molecule has 0 radical (unpaired) electrons. The van der Waals surface area contributed by atoms with Gasteiger partial charge in [-0.3, -0.25) is 29.4 Å². The molecule has 5 aliphatic rings. The molecule has 0 aromatic heterocycles. The Kier molecular flexibility index (Phi) is 28.5. The van der Waals surface area contributed by atoms with Gasteiger partial charge in [0.15, 0.2) is 0 Å². The lowest BCUT2D eigenvalue weighted by Crippen LogP contribution is -2.50. The Hall–Kier alpha value is -7.35. The summed E-state index contributed by atoms with van der Waals surface area (Å²) in [7, 11) is 5.39. The number of anilines is 1. The van der Waals surface area contributed by atoms with Gasteiger partial charge in [0, 0.05) is 109 Å². The number of unbranched alkanes of at least 4 members (excludes halogenated alkanes) is 2. The van der Waals surface area contributed by atoms with Crippen LogP contribution in [0.15, 0.2) is 140 Å². The molecule has 0 bridgehead atoms. The number of fused-ring (bicyclic) bond motifs is 3. The standard InChI is InChI=1S/C77H89F7N8O8.3ClH/c1-86(70(94)51-98-68-48-56-17-9-11-19-66(56)74(68)31-40-90(41-32-74)42-33-75(60-24-26-63(78)27-25-60)52-92(53-99-75)72(96)59-46-61(76(79,80)81)49-62(47-59)77(82,83)84)34-14-35-88(3)71(95)57-22-23-58-50-91(37-28-55(58)45-57)36-13-5-8-21-69(93)87(2)43-44-89-38-29-64(30-39-89)100-73(97)85-67-20-12-10-18-65(67)54-15-6-4-7-16-54;;;/h4,6-7,9-12,15-20,22-27,45-47,49,64,68H,5,8,13-14,21,28-44,48,50-53H2,1-3H3,(H,85,97);3*1H/t68-,75-;;;/m0.../s1. The van der Waals surface area contributed by atoms with Gasteiger partial charge in [-0.15, -0.1) is 37.2 Å². The van der Waals surface area contributed by atoms with Gasteiger partial charge < -0.3 is 43.6 Å². The number of rotatable bonds is 25. The van der Waals surface area contributed by atoms with Gasteiger partial charge in [-0.1, -0.05) is 97.4 Å². The normalized spacial score (nSPS) is 18.3. The monoisotopic (exact) mass is 1490 g/mol. The Morgan fingerprint density at radius 1 is 0.612 bits per heavy atom. The Labute approximate surface area is 616 Å². The minimum absolute atomic E-state index is 0. The number of hydrogen-bond acceptors (Lipinski definition) is 11. The van der Waals surface area contributed by atoms with Crippen molar-refractivity contribution in [2.75, 3.05) is 118 Å². The second kappa shape index (κ2) is 36.1. The molecule has 16 nitrogen and oxygen atoms in total. The molecule has 0 saturated carbocycles. The zero-order chi connectivity index (χ0) is 70.8. The fourth-order valence-electron chi connectivity index (χ4n) is 14.9. The fourth-order valence-corrected chi connectivity index (χ4v) is 14.9. The molecule has 1 spiro atoms. The molecule has 1 N–H and O–H groups in total. The number of carbonyl (C=O) groups excluding carboxylic acids is 5. The van der Waals surface area contributed by atoms with E-state index in [4.69, 9.17) is 14.2 Å². The van der Waals surface area contributed by atoms with Crippen molar-refractivity contribution in [3.63, 3.8) is 0 Å². The summed E-state index contributed by atoms with van der Waals surface area (Å²) in [5, 5.41) is 2.94. The average molecular weight is 1500 g/mol. The molecule has 3 saturated heterocycles. The molecule has 6 aromatic carbocycles. The number of likely N-dealkylation sites (N-methyl/N-ethyl adjacent to an activating group) is 2. The van der Waals surface area contributed by atoms with Gasteiger partial charge in [-0.05, 0) is 166 Å². The van der Waals surface area contributed by atoms with E-state index in [1.165, 1.54) is 41.0 Å². The average Bonchev–Trinajstić information content (AvgIpc) is 1.57. The molecule has 11 rings (SSSR count). The highest BCUT2D eigenvalue weighted by molar-refractivity contribution is 5.95. The lowest BCUT2D eigenvalue weighted by atomic mass is 9.72. The third-order valence-corrected chi connectivity index (χ3v) is 20.9. The van der Waals surface area contributed by atoms with Gasteiger partial charge in [0.2, 0.25) is 11.8 Å². The van der Waals surface area contributed by atoms with Gasteiger partial charge in [-0.25, -0.2) is 9.18 Å². The Bertz CT molecular complexity index is 3810. The van der Waals surface area contributed by atoms with Crippen LogP contribution in [0.1, 0.15) is 124 Å². The lowest BCUT2D eigenvalue weighted by Gasteiger charge is -2.44. The smallest absolute Gasteiger partial charge is 0.416 e. The molecule has 4 heterocycles. The number of carbonyl (C=O) groups is 5. The van der Waals surface area contributed by atoms with Crippen molar-refractivity contribution in [2.24, 2.45) is 0 Å². The quantitative estimate of drug-likeness (QED) is 0.0431. The Morgan fingerprint density at radius 2 is 1.26 bits per heavy atom. The minimum atomic E-state index is -5.15. The van der Waals surface area contributed by atoms with Crippen LogP contribution < -0.4 is 5.32 Å². The van der Waals surface area contributed by atoms with E-state index in [1.807, 2.05) is 90.8 Å². The van der Waals surface area contributed by atoms with Crippen molar-refractivity contribution in [3.05, 3.63) is 195 Å². The number of nitrogens with one attached hydrogen (secondary N) is 1. The number of hydrogen-bond donors (Lipinski definition) is 1. The summed E-state index contributed by atoms with van der Waals surface area (Å²) >= 11 is 0. The highest BCUT2D eigenvalue weighted by Crippen LogP contribution is 2.49. The SMILES string of the molecule is CN(CCN1CCC(OC(=O)Nc2ccccc2-c2ccccc2)CC1)C(=O)CCCCCN1CCc2cc(C(=O)N(C)CCCN(C)C(=O)CO[C@H]3Cc4ccccc4C34CCN(CC[C@@]3(c5ccc(F)cc5)CN(C(=O)c5cc(C(F)(F)F)cc(C(F)(F)F)c5)CO3)CC4)ccc2C1.Cl.Cl.Cl. The van der Waals surface area contributed by atoms with Crippen LogP contribution in [-0.2, 0) is 66.6 Å². The van der Waals surface area contributed by atoms with E-state index >= 15 is 0 Å². The van der Waals surface area contributed by atoms with Gasteiger partial charge in [0.25, 0.3) is 11.8 Å². The third kappa shape index (κ3) is 20.4. The van der Waals surface area contributed by atoms with E-state index in [1.54, 1.807) is 23.9 Å². The van der Waals surface area contributed by atoms with Crippen LogP contribution >= 0.6 is 37.2 Å². The second-order valence-electron chi connectivity index (χ2n) is 27.5. The third-order valence-electron chi connectivity index (χ3n) is 20.9. The van der Waals surface area contributed by atoms with Crippen LogP contribution in [0.4, 0.5) is 41.2 Å². The molecule has 2 atom stereocenters. The molecule has 6 aromatic rings. The van der Waals surface area contributed by atoms with Crippen molar-refractivity contribution in [1.82, 2.24) is 34.3 Å². The summed E-state index contributed by atoms with van der Waals surface area (Å²) in [6.45, 7) is 7.35. The lowest BCUT2D eigenvalue weighted by molar-refractivity contribution is -0.143. The summed E-state index contributed by atoms with van der Waals surface area (Å²) < 4.78 is 116. The first kappa shape index (κ1) is 81.3.